The van der Waals surface area contributed by atoms with Crippen LogP contribution in [0.5, 0.6) is 0 Å². The summed E-state index contributed by atoms with van der Waals surface area (Å²) in [5.74, 6) is -1.14. The molecule has 4 aromatic heterocycles. The lowest BCUT2D eigenvalue weighted by Gasteiger charge is -2.34. The zero-order valence-corrected chi connectivity index (χ0v) is 21.6. The molecule has 8 nitrogen and oxygen atoms in total. The fourth-order valence-corrected chi connectivity index (χ4v) is 6.44. The van der Waals surface area contributed by atoms with Crippen LogP contribution in [0.25, 0.3) is 50.2 Å². The summed E-state index contributed by atoms with van der Waals surface area (Å²) in [5, 5.41) is 13.1. The van der Waals surface area contributed by atoms with Crippen LogP contribution in [0.1, 0.15) is 6.42 Å². The number of aromatic amines is 1. The third-order valence-electron chi connectivity index (χ3n) is 8.34. The summed E-state index contributed by atoms with van der Waals surface area (Å²) in [5.41, 5.74) is 5.68. The van der Waals surface area contributed by atoms with Gasteiger partial charge in [-0.2, -0.15) is 10.2 Å². The number of nitrogens with one attached hydrogen (secondary N) is 1. The van der Waals surface area contributed by atoms with Gasteiger partial charge in [-0.25, -0.2) is 18.3 Å². The zero-order chi connectivity index (χ0) is 27.0. The van der Waals surface area contributed by atoms with Gasteiger partial charge in [0.05, 0.1) is 23.0 Å². The summed E-state index contributed by atoms with van der Waals surface area (Å²) in [4.78, 5) is 13.0. The second-order valence-electron chi connectivity index (χ2n) is 10.6. The van der Waals surface area contributed by atoms with Gasteiger partial charge in [-0.3, -0.25) is 15.0 Å². The zero-order valence-electron chi connectivity index (χ0n) is 21.6. The van der Waals surface area contributed by atoms with Crippen molar-refractivity contribution in [3.05, 3.63) is 85.0 Å². The van der Waals surface area contributed by atoms with Gasteiger partial charge in [0, 0.05) is 60.3 Å². The van der Waals surface area contributed by atoms with Gasteiger partial charge in [0.15, 0.2) is 5.65 Å². The molecule has 6 heterocycles. The molecule has 2 aromatic carbocycles. The fraction of sp³-hybridized carbons (Fsp3) is 0.200. The molecule has 198 valence electrons. The maximum atomic E-state index is 15.7. The number of pyridine rings is 1. The van der Waals surface area contributed by atoms with E-state index in [1.165, 1.54) is 12.1 Å². The van der Waals surface area contributed by atoms with E-state index in [4.69, 9.17) is 10.1 Å². The molecule has 0 saturated carbocycles. The van der Waals surface area contributed by atoms with E-state index in [1.807, 2.05) is 35.2 Å². The molecule has 0 spiro atoms. The molecule has 0 amide bonds. The van der Waals surface area contributed by atoms with E-state index in [0.29, 0.717) is 35.2 Å². The van der Waals surface area contributed by atoms with Crippen molar-refractivity contribution in [3.8, 4) is 33.6 Å². The first-order chi connectivity index (χ1) is 19.6. The molecule has 2 bridgehead atoms. The maximum Gasteiger partial charge on any atom is 0.164 e. The van der Waals surface area contributed by atoms with E-state index in [1.54, 1.807) is 35.4 Å². The number of nitrogens with zero attached hydrogens (tertiary/aromatic N) is 7. The second-order valence-corrected chi connectivity index (χ2v) is 10.6. The van der Waals surface area contributed by atoms with Gasteiger partial charge in [-0.1, -0.05) is 12.1 Å². The summed E-state index contributed by atoms with van der Waals surface area (Å²) < 4.78 is 33.0. The highest BCUT2D eigenvalue weighted by Crippen LogP contribution is 2.41. The lowest BCUT2D eigenvalue weighted by Crippen LogP contribution is -2.45. The smallest absolute Gasteiger partial charge is 0.164 e. The highest BCUT2D eigenvalue weighted by molar-refractivity contribution is 6.02. The summed E-state index contributed by atoms with van der Waals surface area (Å²) >= 11 is 0. The van der Waals surface area contributed by atoms with E-state index < -0.39 is 11.6 Å². The largest absolute Gasteiger partial charge is 0.361 e. The van der Waals surface area contributed by atoms with Crippen LogP contribution in [-0.2, 0) is 0 Å². The Morgan fingerprint density at radius 3 is 2.50 bits per heavy atom. The number of hydrogen-bond donors (Lipinski definition) is 1. The molecule has 8 rings (SSSR count). The number of likely N-dealkylation sites (N-methyl/N-ethyl adjacent to an activating group) is 1. The fourth-order valence-electron chi connectivity index (χ4n) is 6.44. The van der Waals surface area contributed by atoms with Crippen molar-refractivity contribution in [3.63, 3.8) is 0 Å². The van der Waals surface area contributed by atoms with Gasteiger partial charge >= 0.3 is 0 Å². The molecular formula is C30H24F2N8. The third-order valence-corrected chi connectivity index (χ3v) is 8.34. The monoisotopic (exact) mass is 534 g/mol. The molecular weight excluding hydrogens is 510 g/mol. The van der Waals surface area contributed by atoms with Crippen LogP contribution in [0.3, 0.4) is 0 Å². The molecule has 2 aliphatic heterocycles. The first-order valence-corrected chi connectivity index (χ1v) is 13.2. The van der Waals surface area contributed by atoms with Crippen molar-refractivity contribution in [1.29, 1.82) is 0 Å². The number of aromatic nitrogens is 6. The Morgan fingerprint density at radius 2 is 1.75 bits per heavy atom. The number of benzene rings is 2. The number of hydrogen-bond acceptors (Lipinski definition) is 6. The normalized spacial score (nSPS) is 18.9. The minimum absolute atomic E-state index is 0.0555. The maximum absolute atomic E-state index is 15.7. The van der Waals surface area contributed by atoms with Crippen LogP contribution in [0.2, 0.25) is 0 Å². The first kappa shape index (κ1) is 23.2. The van der Waals surface area contributed by atoms with Gasteiger partial charge < -0.3 is 4.90 Å². The Labute approximate surface area is 227 Å². The molecule has 6 aromatic rings. The van der Waals surface area contributed by atoms with Crippen molar-refractivity contribution in [1.82, 2.24) is 34.7 Å². The third kappa shape index (κ3) is 3.39. The Kier molecular flexibility index (Phi) is 5.02. The predicted octanol–water partition coefficient (Wildman–Crippen LogP) is 5.17. The molecule has 0 aliphatic carbocycles. The van der Waals surface area contributed by atoms with E-state index in [-0.39, 0.29) is 11.7 Å². The van der Waals surface area contributed by atoms with Crippen molar-refractivity contribution in [2.75, 3.05) is 25.0 Å². The number of fused-ring (bicyclic) bond motifs is 4. The Hall–Kier alpha value is -4.70. The number of halogens is 2. The highest BCUT2D eigenvalue weighted by Gasteiger charge is 2.43. The molecule has 0 unspecified atom stereocenters. The van der Waals surface area contributed by atoms with Crippen LogP contribution in [-0.4, -0.2) is 66.9 Å². The summed E-state index contributed by atoms with van der Waals surface area (Å²) in [6, 6.07) is 14.7. The van der Waals surface area contributed by atoms with E-state index in [0.717, 1.165) is 40.6 Å². The Morgan fingerprint density at radius 1 is 0.925 bits per heavy atom. The van der Waals surface area contributed by atoms with Gasteiger partial charge in [-0.15, -0.1) is 0 Å². The molecule has 2 aliphatic rings. The first-order valence-electron chi connectivity index (χ1n) is 13.2. The lowest BCUT2D eigenvalue weighted by molar-refractivity contribution is 0.291. The van der Waals surface area contributed by atoms with Crippen LogP contribution in [0.15, 0.2) is 73.3 Å². The topological polar surface area (TPSA) is 78.2 Å². The number of rotatable bonds is 4. The molecule has 2 atom stereocenters. The van der Waals surface area contributed by atoms with E-state index in [2.05, 4.69) is 27.1 Å². The number of anilines is 1. The van der Waals surface area contributed by atoms with Gasteiger partial charge in [0.1, 0.15) is 23.0 Å². The SMILES string of the molecule is CN1C[C@@H]2C[C@H]1CN2c1c(F)cc(-c2ccnc3c(-c4cccc5[nH]ncc45)c(-c4ccncc4)nn23)cc1F. The van der Waals surface area contributed by atoms with Crippen molar-refractivity contribution in [2.45, 2.75) is 18.5 Å². The van der Waals surface area contributed by atoms with Gasteiger partial charge in [-0.05, 0) is 55.4 Å². The van der Waals surface area contributed by atoms with Crippen molar-refractivity contribution < 1.29 is 8.78 Å². The Bertz CT molecular complexity index is 1890. The average molecular weight is 535 g/mol. The molecule has 40 heavy (non-hydrogen) atoms. The van der Waals surface area contributed by atoms with Gasteiger partial charge in [0.25, 0.3) is 0 Å². The quantitative estimate of drug-likeness (QED) is 0.336. The van der Waals surface area contributed by atoms with E-state index >= 15 is 8.78 Å². The van der Waals surface area contributed by atoms with Crippen molar-refractivity contribution >= 4 is 22.2 Å². The minimum Gasteiger partial charge on any atom is -0.361 e. The summed E-state index contributed by atoms with van der Waals surface area (Å²) in [6.07, 6.45) is 7.78. The number of piperazine rings is 1. The van der Waals surface area contributed by atoms with E-state index in [9.17, 15) is 0 Å². The van der Waals surface area contributed by atoms with Crippen LogP contribution < -0.4 is 4.90 Å². The minimum atomic E-state index is -0.569. The molecule has 0 radical (unpaired) electrons. The molecule has 2 fully saturated rings. The predicted molar refractivity (Wildman–Crippen MR) is 149 cm³/mol. The van der Waals surface area contributed by atoms with Crippen LogP contribution in [0.4, 0.5) is 14.5 Å². The molecule has 1 N–H and O–H groups in total. The van der Waals surface area contributed by atoms with Crippen molar-refractivity contribution in [2.24, 2.45) is 0 Å². The molecule has 10 heteroatoms. The van der Waals surface area contributed by atoms with Crippen LogP contribution >= 0.6 is 0 Å². The van der Waals surface area contributed by atoms with Gasteiger partial charge in [0.2, 0.25) is 0 Å². The number of likely N-dealkylation sites (tertiary alicyclic amines) is 1. The number of H-pyrrole nitrogens is 1. The molecule has 2 saturated heterocycles. The Balaban J connectivity index is 1.32. The summed E-state index contributed by atoms with van der Waals surface area (Å²) in [7, 11) is 2.07. The summed E-state index contributed by atoms with van der Waals surface area (Å²) in [6.45, 7) is 1.44. The second kappa shape index (κ2) is 8.65. The van der Waals surface area contributed by atoms with Crippen LogP contribution in [0, 0.1) is 11.6 Å². The highest BCUT2D eigenvalue weighted by atomic mass is 19.1. The average Bonchev–Trinajstić information content (AvgIpc) is 3.75. The standard InChI is InChI=1S/C30H24F2N8/c1-38-15-20-13-19(38)16-39(20)29-23(31)11-18(12-24(29)32)26-7-10-34-30-27(21-3-2-4-25-22(21)14-35-36-25)28(37-40(26)30)17-5-8-33-9-6-17/h2-12,14,19-20H,13,15-16H2,1H3,(H,35,36)/t19-,20-/m0/s1. The lowest BCUT2D eigenvalue weighted by atomic mass is 9.99.